The topological polar surface area (TPSA) is 79.0 Å². The third-order valence-electron chi connectivity index (χ3n) is 5.73. The van der Waals surface area contributed by atoms with Crippen LogP contribution in [0.2, 0.25) is 0 Å². The summed E-state index contributed by atoms with van der Waals surface area (Å²) in [7, 11) is -3.59. The predicted octanol–water partition coefficient (Wildman–Crippen LogP) is 1.90. The van der Waals surface area contributed by atoms with Crippen LogP contribution in [0.15, 0.2) is 23.1 Å². The number of sulfonamides is 1. The molecule has 1 aliphatic carbocycles. The second kappa shape index (κ2) is 7.41. The maximum Gasteiger partial charge on any atom is 0.243 e. The Labute approximate surface area is 160 Å². The van der Waals surface area contributed by atoms with Crippen molar-refractivity contribution in [3.05, 3.63) is 18.2 Å². The number of anilines is 2. The van der Waals surface area contributed by atoms with Gasteiger partial charge in [0, 0.05) is 32.1 Å². The van der Waals surface area contributed by atoms with Gasteiger partial charge in [-0.05, 0) is 43.4 Å². The lowest BCUT2D eigenvalue weighted by Crippen LogP contribution is -2.40. The van der Waals surface area contributed by atoms with E-state index in [1.807, 2.05) is 6.07 Å². The van der Waals surface area contributed by atoms with Gasteiger partial charge in [0.05, 0.1) is 29.5 Å². The molecule has 1 aromatic rings. The number of hydrogen-bond donors (Lipinski definition) is 1. The smallest absolute Gasteiger partial charge is 0.243 e. The highest BCUT2D eigenvalue weighted by Crippen LogP contribution is 2.40. The van der Waals surface area contributed by atoms with Crippen LogP contribution < -0.4 is 10.2 Å². The quantitative estimate of drug-likeness (QED) is 0.827. The van der Waals surface area contributed by atoms with E-state index in [0.29, 0.717) is 37.9 Å². The normalized spacial score (nSPS) is 26.2. The van der Waals surface area contributed by atoms with Crippen LogP contribution in [-0.2, 0) is 19.6 Å². The molecule has 27 heavy (non-hydrogen) atoms. The first-order chi connectivity index (χ1) is 13.0. The van der Waals surface area contributed by atoms with Crippen molar-refractivity contribution in [3.63, 3.8) is 0 Å². The molecule has 0 spiro atoms. The summed E-state index contributed by atoms with van der Waals surface area (Å²) < 4.78 is 32.7. The molecule has 1 amide bonds. The highest BCUT2D eigenvalue weighted by molar-refractivity contribution is 7.89. The first-order valence-corrected chi connectivity index (χ1v) is 11.2. The van der Waals surface area contributed by atoms with Gasteiger partial charge in [-0.2, -0.15) is 4.31 Å². The van der Waals surface area contributed by atoms with Crippen molar-refractivity contribution in [2.24, 2.45) is 11.8 Å². The van der Waals surface area contributed by atoms with Crippen molar-refractivity contribution in [3.8, 4) is 0 Å². The number of nitrogens with zero attached hydrogens (tertiary/aromatic N) is 2. The largest absolute Gasteiger partial charge is 0.379 e. The van der Waals surface area contributed by atoms with Crippen LogP contribution in [0.4, 0.5) is 11.4 Å². The minimum Gasteiger partial charge on any atom is -0.379 e. The van der Waals surface area contributed by atoms with Gasteiger partial charge in [-0.3, -0.25) is 4.79 Å². The van der Waals surface area contributed by atoms with E-state index in [0.717, 1.165) is 38.0 Å². The molecular weight excluding hydrogens is 366 g/mol. The second-order valence-corrected chi connectivity index (χ2v) is 9.64. The van der Waals surface area contributed by atoms with Crippen molar-refractivity contribution in [1.29, 1.82) is 0 Å². The fourth-order valence-corrected chi connectivity index (χ4v) is 5.29. The number of hydrogen-bond acceptors (Lipinski definition) is 5. The Hall–Kier alpha value is -1.64. The summed E-state index contributed by atoms with van der Waals surface area (Å²) in [4.78, 5) is 15.0. The van der Waals surface area contributed by atoms with Gasteiger partial charge < -0.3 is 15.0 Å². The van der Waals surface area contributed by atoms with E-state index in [4.69, 9.17) is 4.74 Å². The van der Waals surface area contributed by atoms with Crippen molar-refractivity contribution in [1.82, 2.24) is 4.31 Å². The SMILES string of the molecule is C[C@H]1C[C@H]1C(=O)Nc1cc(S(=O)(=O)N2CCOCC2)ccc1N1CCCC1. The maximum absolute atomic E-state index is 13.0. The molecule has 3 aliphatic rings. The molecule has 4 rings (SSSR count). The molecule has 8 heteroatoms. The molecule has 0 radical (unpaired) electrons. The summed E-state index contributed by atoms with van der Waals surface area (Å²) in [5.74, 6) is 0.431. The highest BCUT2D eigenvalue weighted by atomic mass is 32.2. The van der Waals surface area contributed by atoms with E-state index in [9.17, 15) is 13.2 Å². The van der Waals surface area contributed by atoms with Crippen molar-refractivity contribution < 1.29 is 17.9 Å². The minimum atomic E-state index is -3.59. The van der Waals surface area contributed by atoms with E-state index in [2.05, 4.69) is 17.1 Å². The number of nitrogens with one attached hydrogen (secondary N) is 1. The third kappa shape index (κ3) is 3.83. The summed E-state index contributed by atoms with van der Waals surface area (Å²) in [5, 5.41) is 3.01. The molecule has 0 unspecified atom stereocenters. The number of benzene rings is 1. The van der Waals surface area contributed by atoms with Crippen molar-refractivity contribution >= 4 is 27.3 Å². The van der Waals surface area contributed by atoms with Gasteiger partial charge in [0.25, 0.3) is 0 Å². The summed E-state index contributed by atoms with van der Waals surface area (Å²) in [6.07, 6.45) is 3.12. The molecule has 1 N–H and O–H groups in total. The molecule has 2 atom stereocenters. The minimum absolute atomic E-state index is 0.0103. The van der Waals surface area contributed by atoms with Gasteiger partial charge in [-0.15, -0.1) is 0 Å². The van der Waals surface area contributed by atoms with E-state index in [1.54, 1.807) is 12.1 Å². The second-order valence-electron chi connectivity index (χ2n) is 7.70. The first-order valence-electron chi connectivity index (χ1n) is 9.74. The number of rotatable bonds is 5. The predicted molar refractivity (Wildman–Crippen MR) is 103 cm³/mol. The zero-order valence-electron chi connectivity index (χ0n) is 15.7. The van der Waals surface area contributed by atoms with Crippen LogP contribution in [0.3, 0.4) is 0 Å². The van der Waals surface area contributed by atoms with Crippen molar-refractivity contribution in [2.45, 2.75) is 31.1 Å². The maximum atomic E-state index is 13.0. The van der Waals surface area contributed by atoms with Gasteiger partial charge in [-0.25, -0.2) is 8.42 Å². The lowest BCUT2D eigenvalue weighted by molar-refractivity contribution is -0.117. The summed E-state index contributed by atoms with van der Waals surface area (Å²) in [6, 6.07) is 5.13. The summed E-state index contributed by atoms with van der Waals surface area (Å²) >= 11 is 0. The zero-order valence-corrected chi connectivity index (χ0v) is 16.5. The first kappa shape index (κ1) is 18.7. The Morgan fingerprint density at radius 1 is 1.15 bits per heavy atom. The zero-order chi connectivity index (χ0) is 19.0. The molecule has 2 saturated heterocycles. The molecule has 0 aromatic heterocycles. The van der Waals surface area contributed by atoms with Crippen LogP contribution in [0.25, 0.3) is 0 Å². The standard InChI is InChI=1S/C19H27N3O4S/c1-14-12-16(14)19(23)20-17-13-15(4-5-18(17)21-6-2-3-7-21)27(24,25)22-8-10-26-11-9-22/h4-5,13-14,16H,2-3,6-12H2,1H3,(H,20,23)/t14-,16+/m0/s1. The van der Waals surface area contributed by atoms with Gasteiger partial charge >= 0.3 is 0 Å². The molecule has 0 bridgehead atoms. The lowest BCUT2D eigenvalue weighted by atomic mass is 10.2. The summed E-state index contributed by atoms with van der Waals surface area (Å²) in [5.41, 5.74) is 1.52. The molecule has 2 aliphatic heterocycles. The van der Waals surface area contributed by atoms with E-state index in [1.165, 1.54) is 4.31 Å². The number of carbonyl (C=O) groups is 1. The molecular formula is C19H27N3O4S. The fraction of sp³-hybridized carbons (Fsp3) is 0.632. The fourth-order valence-electron chi connectivity index (χ4n) is 3.86. The monoisotopic (exact) mass is 393 g/mol. The Balaban J connectivity index is 1.64. The van der Waals surface area contributed by atoms with Crippen LogP contribution >= 0.6 is 0 Å². The molecule has 7 nitrogen and oxygen atoms in total. The number of carbonyl (C=O) groups excluding carboxylic acids is 1. The average Bonchev–Trinajstić information content (AvgIpc) is 3.17. The van der Waals surface area contributed by atoms with Crippen LogP contribution in [0, 0.1) is 11.8 Å². The van der Waals surface area contributed by atoms with E-state index in [-0.39, 0.29) is 16.7 Å². The van der Waals surface area contributed by atoms with Gasteiger partial charge in [-0.1, -0.05) is 6.92 Å². The van der Waals surface area contributed by atoms with E-state index >= 15 is 0 Å². The molecule has 148 valence electrons. The highest BCUT2D eigenvalue weighted by Gasteiger charge is 2.39. The van der Waals surface area contributed by atoms with Crippen LogP contribution in [0.5, 0.6) is 0 Å². The van der Waals surface area contributed by atoms with Gasteiger partial charge in [0.15, 0.2) is 0 Å². The summed E-state index contributed by atoms with van der Waals surface area (Å²) in [6.45, 7) is 5.46. The van der Waals surface area contributed by atoms with Crippen LogP contribution in [-0.4, -0.2) is 58.0 Å². The molecule has 2 heterocycles. The Kier molecular flexibility index (Phi) is 5.13. The van der Waals surface area contributed by atoms with Crippen molar-refractivity contribution in [2.75, 3.05) is 49.6 Å². The number of morpholine rings is 1. The van der Waals surface area contributed by atoms with E-state index < -0.39 is 10.0 Å². The number of amides is 1. The molecule has 3 fully saturated rings. The van der Waals surface area contributed by atoms with Gasteiger partial charge in [0.2, 0.25) is 15.9 Å². The average molecular weight is 394 g/mol. The van der Waals surface area contributed by atoms with Gasteiger partial charge in [0.1, 0.15) is 0 Å². The Bertz CT molecular complexity index is 814. The third-order valence-corrected chi connectivity index (χ3v) is 7.62. The Morgan fingerprint density at radius 2 is 1.81 bits per heavy atom. The lowest BCUT2D eigenvalue weighted by Gasteiger charge is -2.27. The number of ether oxygens (including phenoxy) is 1. The Morgan fingerprint density at radius 3 is 2.44 bits per heavy atom. The molecule has 1 aromatic carbocycles. The molecule has 1 saturated carbocycles. The van der Waals surface area contributed by atoms with Crippen LogP contribution in [0.1, 0.15) is 26.2 Å².